The number of hydrogen-bond acceptors (Lipinski definition) is 1. The van der Waals surface area contributed by atoms with E-state index in [-0.39, 0.29) is 10.9 Å². The van der Waals surface area contributed by atoms with Gasteiger partial charge in [0, 0.05) is 22.2 Å². The predicted octanol–water partition coefficient (Wildman–Crippen LogP) is 4.28. The average Bonchev–Trinajstić information content (AvgIpc) is 2.46. The predicted molar refractivity (Wildman–Crippen MR) is 89.0 cm³/mol. The zero-order valence-electron chi connectivity index (χ0n) is 11.1. The molecule has 2 aromatic carbocycles. The van der Waals surface area contributed by atoms with Crippen LogP contribution < -0.4 is 0 Å². The fourth-order valence-corrected chi connectivity index (χ4v) is 3.20. The van der Waals surface area contributed by atoms with Gasteiger partial charge >= 0.3 is 0 Å². The van der Waals surface area contributed by atoms with Crippen molar-refractivity contribution >= 4 is 40.1 Å². The molecule has 0 radical (unpaired) electrons. The van der Waals surface area contributed by atoms with E-state index in [1.807, 2.05) is 18.2 Å². The highest BCUT2D eigenvalue weighted by Crippen LogP contribution is 2.24. The summed E-state index contributed by atoms with van der Waals surface area (Å²) in [4.78, 5) is 14.3. The third-order valence-electron chi connectivity index (χ3n) is 3.60. The molecule has 0 fully saturated rings. The first-order chi connectivity index (χ1) is 10.0. The van der Waals surface area contributed by atoms with Gasteiger partial charge in [0.15, 0.2) is 0 Å². The lowest BCUT2D eigenvalue weighted by Gasteiger charge is -2.29. The van der Waals surface area contributed by atoms with Crippen LogP contribution in [0.1, 0.15) is 21.5 Å². The van der Waals surface area contributed by atoms with Crippen molar-refractivity contribution in [3.8, 4) is 0 Å². The van der Waals surface area contributed by atoms with Crippen molar-refractivity contribution in [1.82, 2.24) is 4.90 Å². The largest absolute Gasteiger partial charge is 0.334 e. The van der Waals surface area contributed by atoms with Gasteiger partial charge in [0.2, 0.25) is 0 Å². The standard InChI is InChI=1S/C16H12ClFINO/c17-14-7-10(1-4-15(14)18)9-20-6-5-11-2-3-12(19)8-13(11)16(20)21/h1-4,7-8H,5-6,9H2. The summed E-state index contributed by atoms with van der Waals surface area (Å²) in [5.74, 6) is -0.416. The molecule has 0 unspecified atom stereocenters. The highest BCUT2D eigenvalue weighted by atomic mass is 127. The number of fused-ring (bicyclic) bond motifs is 1. The zero-order valence-corrected chi connectivity index (χ0v) is 14.0. The molecule has 0 spiro atoms. The van der Waals surface area contributed by atoms with Crippen LogP contribution in [0, 0.1) is 9.39 Å². The molecule has 0 bridgehead atoms. The van der Waals surface area contributed by atoms with Crippen molar-refractivity contribution in [2.45, 2.75) is 13.0 Å². The van der Waals surface area contributed by atoms with Gasteiger partial charge in [-0.2, -0.15) is 0 Å². The van der Waals surface area contributed by atoms with Gasteiger partial charge in [0.25, 0.3) is 5.91 Å². The number of nitrogens with zero attached hydrogens (tertiary/aromatic N) is 1. The summed E-state index contributed by atoms with van der Waals surface area (Å²) in [6.07, 6.45) is 0.840. The van der Waals surface area contributed by atoms with Crippen molar-refractivity contribution in [3.63, 3.8) is 0 Å². The summed E-state index contributed by atoms with van der Waals surface area (Å²) in [6, 6.07) is 10.5. The van der Waals surface area contributed by atoms with Crippen LogP contribution >= 0.6 is 34.2 Å². The maximum Gasteiger partial charge on any atom is 0.254 e. The minimum Gasteiger partial charge on any atom is -0.334 e. The fraction of sp³-hybridized carbons (Fsp3) is 0.188. The first kappa shape index (κ1) is 14.8. The van der Waals surface area contributed by atoms with E-state index in [2.05, 4.69) is 22.6 Å². The van der Waals surface area contributed by atoms with E-state index in [4.69, 9.17) is 11.6 Å². The molecule has 0 N–H and O–H groups in total. The van der Waals surface area contributed by atoms with Gasteiger partial charge in [0.1, 0.15) is 5.82 Å². The molecule has 0 aliphatic carbocycles. The summed E-state index contributed by atoms with van der Waals surface area (Å²) >= 11 is 7.99. The van der Waals surface area contributed by atoms with E-state index in [0.29, 0.717) is 13.1 Å². The minimum atomic E-state index is -0.440. The van der Waals surface area contributed by atoms with Gasteiger partial charge in [-0.1, -0.05) is 23.7 Å². The van der Waals surface area contributed by atoms with Gasteiger partial charge in [-0.3, -0.25) is 4.79 Å². The SMILES string of the molecule is O=C1c2cc(I)ccc2CCN1Cc1ccc(F)c(Cl)c1. The maximum absolute atomic E-state index is 13.2. The smallest absolute Gasteiger partial charge is 0.254 e. The van der Waals surface area contributed by atoms with Crippen molar-refractivity contribution < 1.29 is 9.18 Å². The van der Waals surface area contributed by atoms with Crippen molar-refractivity contribution in [1.29, 1.82) is 0 Å². The Hall–Kier alpha value is -1.14. The average molecular weight is 416 g/mol. The van der Waals surface area contributed by atoms with E-state index >= 15 is 0 Å². The fourth-order valence-electron chi connectivity index (χ4n) is 2.50. The molecule has 1 amide bonds. The quantitative estimate of drug-likeness (QED) is 0.671. The number of carbonyl (C=O) groups is 1. The summed E-state index contributed by atoms with van der Waals surface area (Å²) in [5, 5.41) is 0.0897. The summed E-state index contributed by atoms with van der Waals surface area (Å²) in [7, 11) is 0. The summed E-state index contributed by atoms with van der Waals surface area (Å²) < 4.78 is 14.2. The van der Waals surface area contributed by atoms with Crippen LogP contribution in [-0.4, -0.2) is 17.4 Å². The molecule has 0 saturated carbocycles. The molecule has 1 heterocycles. The molecule has 0 atom stereocenters. The van der Waals surface area contributed by atoms with Crippen LogP contribution in [0.15, 0.2) is 36.4 Å². The molecule has 1 aliphatic heterocycles. The van der Waals surface area contributed by atoms with Gasteiger partial charge in [-0.15, -0.1) is 0 Å². The molecular weight excluding hydrogens is 404 g/mol. The molecule has 5 heteroatoms. The molecule has 0 saturated heterocycles. The lowest BCUT2D eigenvalue weighted by molar-refractivity contribution is 0.0727. The van der Waals surface area contributed by atoms with Crippen LogP contribution in [-0.2, 0) is 13.0 Å². The normalized spacial score (nSPS) is 14.2. The maximum atomic E-state index is 13.2. The zero-order chi connectivity index (χ0) is 15.0. The monoisotopic (exact) mass is 415 g/mol. The molecule has 21 heavy (non-hydrogen) atoms. The Morgan fingerprint density at radius 3 is 2.81 bits per heavy atom. The summed E-state index contributed by atoms with van der Waals surface area (Å²) in [6.45, 7) is 1.12. The van der Waals surface area contributed by atoms with Gasteiger partial charge in [-0.25, -0.2) is 4.39 Å². The highest BCUT2D eigenvalue weighted by molar-refractivity contribution is 14.1. The van der Waals surface area contributed by atoms with Gasteiger partial charge in [-0.05, 0) is 64.4 Å². The second-order valence-electron chi connectivity index (χ2n) is 5.03. The lowest BCUT2D eigenvalue weighted by atomic mass is 9.99. The van der Waals surface area contributed by atoms with Crippen molar-refractivity contribution in [2.24, 2.45) is 0 Å². The van der Waals surface area contributed by atoms with Crippen LogP contribution in [0.25, 0.3) is 0 Å². The molecule has 1 aliphatic rings. The topological polar surface area (TPSA) is 20.3 Å². The second-order valence-corrected chi connectivity index (χ2v) is 6.68. The Balaban J connectivity index is 1.84. The van der Waals surface area contributed by atoms with Crippen molar-refractivity contribution in [3.05, 3.63) is 67.5 Å². The Kier molecular flexibility index (Phi) is 4.17. The van der Waals surface area contributed by atoms with Gasteiger partial charge in [0.05, 0.1) is 5.02 Å². The van der Waals surface area contributed by atoms with E-state index in [0.717, 1.165) is 26.7 Å². The molecule has 108 valence electrons. The first-order valence-corrected chi connectivity index (χ1v) is 8.02. The Labute approximate surface area is 141 Å². The van der Waals surface area contributed by atoms with Crippen LogP contribution in [0.4, 0.5) is 4.39 Å². The minimum absolute atomic E-state index is 0.0233. The Bertz CT molecular complexity index is 719. The lowest BCUT2D eigenvalue weighted by Crippen LogP contribution is -2.37. The molecular formula is C16H12ClFINO. The number of hydrogen-bond donors (Lipinski definition) is 0. The third kappa shape index (κ3) is 3.06. The van der Waals surface area contributed by atoms with E-state index in [1.54, 1.807) is 17.0 Å². The molecule has 0 aromatic heterocycles. The van der Waals surface area contributed by atoms with E-state index in [1.165, 1.54) is 6.07 Å². The Morgan fingerprint density at radius 1 is 1.24 bits per heavy atom. The van der Waals surface area contributed by atoms with Crippen molar-refractivity contribution in [2.75, 3.05) is 6.54 Å². The molecule has 2 nitrogen and oxygen atoms in total. The van der Waals surface area contributed by atoms with Crippen LogP contribution in [0.3, 0.4) is 0 Å². The Morgan fingerprint density at radius 2 is 2.05 bits per heavy atom. The number of halogens is 3. The van der Waals surface area contributed by atoms with Crippen LogP contribution in [0.5, 0.6) is 0 Å². The first-order valence-electron chi connectivity index (χ1n) is 6.56. The second kappa shape index (κ2) is 5.93. The third-order valence-corrected chi connectivity index (χ3v) is 4.56. The number of carbonyl (C=O) groups excluding carboxylic acids is 1. The molecule has 3 rings (SSSR count). The number of amides is 1. The highest BCUT2D eigenvalue weighted by Gasteiger charge is 2.24. The number of benzene rings is 2. The van der Waals surface area contributed by atoms with E-state index < -0.39 is 5.82 Å². The molecule has 2 aromatic rings. The summed E-state index contributed by atoms with van der Waals surface area (Å²) in [5.41, 5.74) is 2.69. The van der Waals surface area contributed by atoms with E-state index in [9.17, 15) is 9.18 Å². The number of rotatable bonds is 2. The van der Waals surface area contributed by atoms with Crippen LogP contribution in [0.2, 0.25) is 5.02 Å². The van der Waals surface area contributed by atoms with Gasteiger partial charge < -0.3 is 4.90 Å².